The fourth-order valence-corrected chi connectivity index (χ4v) is 5.57. The van der Waals surface area contributed by atoms with Gasteiger partial charge in [0.25, 0.3) is 11.7 Å². The maximum atomic E-state index is 13.2. The van der Waals surface area contributed by atoms with Crippen molar-refractivity contribution in [1.29, 1.82) is 0 Å². The molecule has 1 heterocycles. The average molecular weight is 552 g/mol. The quantitative estimate of drug-likeness (QED) is 0.0921. The van der Waals surface area contributed by atoms with Crippen LogP contribution in [0.5, 0.6) is 0 Å². The summed E-state index contributed by atoms with van der Waals surface area (Å²) in [5.74, 6) is -1.32. The molecule has 0 saturated carbocycles. The Morgan fingerprint density at radius 3 is 1.74 bits per heavy atom. The van der Waals surface area contributed by atoms with Crippen molar-refractivity contribution >= 4 is 29.1 Å². The lowest BCUT2D eigenvalue weighted by atomic mass is 9.94. The van der Waals surface area contributed by atoms with E-state index in [-0.39, 0.29) is 11.3 Å². The number of benzene rings is 2. The molecule has 3 rings (SSSR count). The van der Waals surface area contributed by atoms with E-state index in [1.54, 1.807) is 29.2 Å². The number of hydrogen-bond acceptors (Lipinski definition) is 3. The number of aliphatic hydroxyl groups excluding tert-OH is 1. The van der Waals surface area contributed by atoms with Crippen LogP contribution in [0.25, 0.3) is 5.76 Å². The first-order chi connectivity index (χ1) is 18.9. The number of amides is 1. The fourth-order valence-electron chi connectivity index (χ4n) is 5.45. The molecular formula is C34H46ClNO3. The zero-order valence-electron chi connectivity index (χ0n) is 23.9. The first kappa shape index (κ1) is 30.9. The Labute approximate surface area is 240 Å². The molecule has 1 atom stereocenters. The molecule has 0 radical (unpaired) electrons. The van der Waals surface area contributed by atoms with Crippen LogP contribution in [0, 0.1) is 6.92 Å². The summed E-state index contributed by atoms with van der Waals surface area (Å²) in [7, 11) is 0. The smallest absolute Gasteiger partial charge is 0.295 e. The largest absolute Gasteiger partial charge is 0.507 e. The Morgan fingerprint density at radius 1 is 0.744 bits per heavy atom. The molecule has 212 valence electrons. The Bertz CT molecular complexity index is 1070. The number of halogens is 1. The van der Waals surface area contributed by atoms with Gasteiger partial charge in [0.2, 0.25) is 0 Å². The maximum Gasteiger partial charge on any atom is 0.295 e. The van der Waals surface area contributed by atoms with E-state index in [1.807, 2.05) is 31.2 Å². The van der Waals surface area contributed by atoms with Gasteiger partial charge in [0.05, 0.1) is 11.6 Å². The highest BCUT2D eigenvalue weighted by molar-refractivity contribution is 6.46. The van der Waals surface area contributed by atoms with Crippen molar-refractivity contribution in [3.63, 3.8) is 0 Å². The van der Waals surface area contributed by atoms with E-state index in [9.17, 15) is 14.7 Å². The Morgan fingerprint density at radius 2 is 1.23 bits per heavy atom. The molecule has 0 aromatic heterocycles. The van der Waals surface area contributed by atoms with Crippen molar-refractivity contribution in [2.45, 2.75) is 110 Å². The van der Waals surface area contributed by atoms with Crippen molar-refractivity contribution < 1.29 is 14.7 Å². The second-order valence-corrected chi connectivity index (χ2v) is 11.4. The van der Waals surface area contributed by atoms with Gasteiger partial charge in [-0.3, -0.25) is 9.59 Å². The van der Waals surface area contributed by atoms with Crippen LogP contribution in [0.4, 0.5) is 0 Å². The first-order valence-corrected chi connectivity index (χ1v) is 15.4. The molecule has 1 fully saturated rings. The van der Waals surface area contributed by atoms with Gasteiger partial charge in [-0.25, -0.2) is 0 Å². The van der Waals surface area contributed by atoms with Crippen LogP contribution in [0.3, 0.4) is 0 Å². The number of rotatable bonds is 17. The summed E-state index contributed by atoms with van der Waals surface area (Å²) in [4.78, 5) is 27.9. The molecular weight excluding hydrogens is 506 g/mol. The summed E-state index contributed by atoms with van der Waals surface area (Å²) in [6.45, 7) is 4.76. The summed E-state index contributed by atoms with van der Waals surface area (Å²) in [5.41, 5.74) is 2.56. The summed E-state index contributed by atoms with van der Waals surface area (Å²) in [6.07, 6.45) is 17.7. The molecule has 1 N–H and O–H groups in total. The number of unbranched alkanes of at least 4 members (excludes halogenated alkanes) is 13. The van der Waals surface area contributed by atoms with Crippen molar-refractivity contribution in [2.24, 2.45) is 0 Å². The summed E-state index contributed by atoms with van der Waals surface area (Å²) in [5, 5.41) is 11.7. The summed E-state index contributed by atoms with van der Waals surface area (Å²) >= 11 is 6.01. The lowest BCUT2D eigenvalue weighted by Gasteiger charge is -2.25. The Kier molecular flexibility index (Phi) is 13.1. The number of aliphatic hydroxyl groups is 1. The molecule has 4 nitrogen and oxygen atoms in total. The predicted octanol–water partition coefficient (Wildman–Crippen LogP) is 9.55. The molecule has 0 spiro atoms. The number of likely N-dealkylation sites (tertiary alicyclic amines) is 1. The normalized spacial score (nSPS) is 16.8. The average Bonchev–Trinajstić information content (AvgIpc) is 3.18. The molecule has 2 aromatic rings. The third kappa shape index (κ3) is 9.24. The van der Waals surface area contributed by atoms with Gasteiger partial charge in [-0.05, 0) is 43.2 Å². The molecule has 1 aliphatic heterocycles. The minimum absolute atomic E-state index is 0.150. The number of ketones is 1. The highest BCUT2D eigenvalue weighted by Crippen LogP contribution is 2.39. The van der Waals surface area contributed by atoms with E-state index in [2.05, 4.69) is 6.92 Å². The van der Waals surface area contributed by atoms with E-state index in [0.29, 0.717) is 17.1 Å². The van der Waals surface area contributed by atoms with Crippen LogP contribution < -0.4 is 0 Å². The van der Waals surface area contributed by atoms with Crippen molar-refractivity contribution in [3.05, 3.63) is 75.8 Å². The molecule has 1 aliphatic rings. The highest BCUT2D eigenvalue weighted by Gasteiger charge is 2.45. The van der Waals surface area contributed by atoms with Gasteiger partial charge < -0.3 is 10.0 Å². The standard InChI is InChI=1S/C34H46ClNO3/c1-3-4-5-6-7-8-9-10-11-12-13-14-15-16-25-36-31(27-19-17-26(2)18-20-27)30(33(38)34(36)39)32(37)28-21-23-29(35)24-22-28/h17-24,31,37H,3-16,25H2,1-2H3. The fraction of sp³-hybridized carbons (Fsp3) is 0.529. The second kappa shape index (κ2) is 16.5. The van der Waals surface area contributed by atoms with Gasteiger partial charge in [-0.1, -0.05) is 132 Å². The van der Waals surface area contributed by atoms with Crippen molar-refractivity contribution in [3.8, 4) is 0 Å². The van der Waals surface area contributed by atoms with Gasteiger partial charge >= 0.3 is 0 Å². The van der Waals surface area contributed by atoms with E-state index in [4.69, 9.17) is 11.6 Å². The summed E-state index contributed by atoms with van der Waals surface area (Å²) < 4.78 is 0. The lowest BCUT2D eigenvalue weighted by Crippen LogP contribution is -2.30. The number of aryl methyl sites for hydroxylation is 1. The third-order valence-electron chi connectivity index (χ3n) is 7.80. The van der Waals surface area contributed by atoms with Gasteiger partial charge in [0.1, 0.15) is 5.76 Å². The monoisotopic (exact) mass is 551 g/mol. The molecule has 1 saturated heterocycles. The second-order valence-electron chi connectivity index (χ2n) is 11.0. The van der Waals surface area contributed by atoms with E-state index >= 15 is 0 Å². The highest BCUT2D eigenvalue weighted by atomic mass is 35.5. The zero-order chi connectivity index (χ0) is 28.0. The Hall–Kier alpha value is -2.59. The Balaban J connectivity index is 1.52. The van der Waals surface area contributed by atoms with Crippen molar-refractivity contribution in [2.75, 3.05) is 6.54 Å². The lowest BCUT2D eigenvalue weighted by molar-refractivity contribution is -0.139. The number of carbonyl (C=O) groups is 2. The van der Waals surface area contributed by atoms with Crippen LogP contribution in [-0.2, 0) is 9.59 Å². The topological polar surface area (TPSA) is 57.6 Å². The molecule has 0 aliphatic carbocycles. The van der Waals surface area contributed by atoms with E-state index in [1.165, 1.54) is 70.6 Å². The van der Waals surface area contributed by atoms with Gasteiger partial charge in [-0.15, -0.1) is 0 Å². The molecule has 39 heavy (non-hydrogen) atoms. The van der Waals surface area contributed by atoms with Crippen LogP contribution in [-0.4, -0.2) is 28.2 Å². The predicted molar refractivity (Wildman–Crippen MR) is 162 cm³/mol. The van der Waals surface area contributed by atoms with Gasteiger partial charge in [0.15, 0.2) is 0 Å². The molecule has 5 heteroatoms. The van der Waals surface area contributed by atoms with Gasteiger partial charge in [0, 0.05) is 17.1 Å². The number of nitrogens with zero attached hydrogens (tertiary/aromatic N) is 1. The number of hydrogen-bond donors (Lipinski definition) is 1. The minimum Gasteiger partial charge on any atom is -0.507 e. The molecule has 0 bridgehead atoms. The van der Waals surface area contributed by atoms with Crippen LogP contribution >= 0.6 is 11.6 Å². The number of Topliss-reactive ketones (excluding diaryl/α,β-unsaturated/α-hetero) is 1. The summed E-state index contributed by atoms with van der Waals surface area (Å²) in [6, 6.07) is 13.9. The van der Waals surface area contributed by atoms with E-state index < -0.39 is 17.7 Å². The van der Waals surface area contributed by atoms with Crippen LogP contribution in [0.15, 0.2) is 54.1 Å². The SMILES string of the molecule is CCCCCCCCCCCCCCCCN1C(=O)C(=O)C(=C(O)c2ccc(Cl)cc2)C1c1ccc(C)cc1. The maximum absolute atomic E-state index is 13.2. The molecule has 2 aromatic carbocycles. The van der Waals surface area contributed by atoms with Crippen molar-refractivity contribution in [1.82, 2.24) is 4.90 Å². The van der Waals surface area contributed by atoms with Gasteiger partial charge in [-0.2, -0.15) is 0 Å². The van der Waals surface area contributed by atoms with Crippen LogP contribution in [0.1, 0.15) is 120 Å². The molecule has 1 unspecified atom stereocenters. The minimum atomic E-state index is -0.626. The third-order valence-corrected chi connectivity index (χ3v) is 8.06. The molecule has 1 amide bonds. The zero-order valence-corrected chi connectivity index (χ0v) is 24.6. The number of carbonyl (C=O) groups excluding carboxylic acids is 2. The first-order valence-electron chi connectivity index (χ1n) is 15.0. The van der Waals surface area contributed by atoms with E-state index in [0.717, 1.165) is 30.4 Å². The van der Waals surface area contributed by atoms with Crippen LogP contribution in [0.2, 0.25) is 5.02 Å².